The van der Waals surface area contributed by atoms with Crippen molar-refractivity contribution < 1.29 is 19.7 Å². The average Bonchev–Trinajstić information content (AvgIpc) is 2.88. The maximum Gasteiger partial charge on any atom is 0.335 e. The van der Waals surface area contributed by atoms with E-state index >= 15 is 0 Å². The summed E-state index contributed by atoms with van der Waals surface area (Å²) in [6.07, 6.45) is 1.95. The van der Waals surface area contributed by atoms with Crippen LogP contribution in [0.5, 0.6) is 11.5 Å². The largest absolute Gasteiger partial charge is 0.504 e. The average molecular weight is 297 g/mol. The van der Waals surface area contributed by atoms with Gasteiger partial charge in [0.1, 0.15) is 0 Å². The van der Waals surface area contributed by atoms with E-state index in [1.54, 1.807) is 0 Å². The van der Waals surface area contributed by atoms with Crippen molar-refractivity contribution in [3.05, 3.63) is 48.2 Å². The molecule has 3 aromatic rings. The standard InChI is InChI=1S/C17H15NO4/c1-18-6-5-11-7-10(3-4-14(11)18)13-8-12(17(20)21)9-15(22-2)16(13)19/h3-9,19H,1-2H3,(H,20,21). The highest BCUT2D eigenvalue weighted by atomic mass is 16.5. The molecule has 2 N–H and O–H groups in total. The van der Waals surface area contributed by atoms with Gasteiger partial charge in [-0.1, -0.05) is 6.07 Å². The number of hydrogen-bond donors (Lipinski definition) is 2. The zero-order valence-corrected chi connectivity index (χ0v) is 12.2. The fraction of sp³-hybridized carbons (Fsp3) is 0.118. The number of nitrogens with zero attached hydrogens (tertiary/aromatic N) is 1. The van der Waals surface area contributed by atoms with E-state index in [1.807, 2.05) is 42.1 Å². The van der Waals surface area contributed by atoms with Crippen LogP contribution in [0.2, 0.25) is 0 Å². The van der Waals surface area contributed by atoms with Gasteiger partial charge >= 0.3 is 5.97 Å². The second-order valence-electron chi connectivity index (χ2n) is 5.08. The lowest BCUT2D eigenvalue weighted by Crippen LogP contribution is -1.98. The molecule has 0 aliphatic rings. The third kappa shape index (κ3) is 2.16. The van der Waals surface area contributed by atoms with E-state index in [0.29, 0.717) is 5.56 Å². The molecule has 3 rings (SSSR count). The van der Waals surface area contributed by atoms with Gasteiger partial charge in [-0.15, -0.1) is 0 Å². The molecule has 112 valence electrons. The van der Waals surface area contributed by atoms with Crippen LogP contribution < -0.4 is 4.74 Å². The predicted octanol–water partition coefficient (Wildman–Crippen LogP) is 3.26. The molecule has 0 unspecified atom stereocenters. The maximum absolute atomic E-state index is 11.2. The van der Waals surface area contributed by atoms with E-state index in [0.717, 1.165) is 16.5 Å². The molecule has 0 saturated heterocycles. The highest BCUT2D eigenvalue weighted by molar-refractivity contribution is 5.93. The summed E-state index contributed by atoms with van der Waals surface area (Å²) in [5.41, 5.74) is 2.29. The molecule has 0 saturated carbocycles. The monoisotopic (exact) mass is 297 g/mol. The molecule has 22 heavy (non-hydrogen) atoms. The van der Waals surface area contributed by atoms with Crippen molar-refractivity contribution in [2.24, 2.45) is 7.05 Å². The number of aromatic hydroxyl groups is 1. The molecule has 1 heterocycles. The number of aryl methyl sites for hydroxylation is 1. The molecule has 0 spiro atoms. The summed E-state index contributed by atoms with van der Waals surface area (Å²) >= 11 is 0. The summed E-state index contributed by atoms with van der Waals surface area (Å²) in [6, 6.07) is 10.4. The van der Waals surface area contributed by atoms with E-state index in [2.05, 4.69) is 0 Å². The molecule has 0 fully saturated rings. The van der Waals surface area contributed by atoms with Crippen molar-refractivity contribution in [1.29, 1.82) is 0 Å². The Morgan fingerprint density at radius 3 is 2.64 bits per heavy atom. The number of phenolic OH excluding ortho intramolecular Hbond substituents is 1. The SMILES string of the molecule is COc1cc(C(=O)O)cc(-c2ccc3c(ccn3C)c2)c1O. The van der Waals surface area contributed by atoms with Gasteiger partial charge in [-0.25, -0.2) is 4.79 Å². The molecule has 0 amide bonds. The summed E-state index contributed by atoms with van der Waals surface area (Å²) in [4.78, 5) is 11.2. The summed E-state index contributed by atoms with van der Waals surface area (Å²) in [5.74, 6) is -0.994. The van der Waals surface area contributed by atoms with Crippen LogP contribution in [0.4, 0.5) is 0 Å². The van der Waals surface area contributed by atoms with Crippen molar-refractivity contribution in [3.8, 4) is 22.6 Å². The summed E-state index contributed by atoms with van der Waals surface area (Å²) in [6.45, 7) is 0. The number of phenols is 1. The van der Waals surface area contributed by atoms with Gasteiger partial charge in [-0.3, -0.25) is 0 Å². The first-order valence-corrected chi connectivity index (χ1v) is 6.71. The van der Waals surface area contributed by atoms with Crippen LogP contribution in [-0.4, -0.2) is 27.9 Å². The number of aromatic carboxylic acids is 1. The topological polar surface area (TPSA) is 71.7 Å². The Bertz CT molecular complexity index is 880. The first kappa shape index (κ1) is 14.0. The minimum atomic E-state index is -1.07. The van der Waals surface area contributed by atoms with Gasteiger partial charge in [0.05, 0.1) is 12.7 Å². The third-order valence-electron chi connectivity index (χ3n) is 3.74. The molecule has 0 radical (unpaired) electrons. The van der Waals surface area contributed by atoms with Crippen molar-refractivity contribution in [1.82, 2.24) is 4.57 Å². The molecular weight excluding hydrogens is 282 g/mol. The van der Waals surface area contributed by atoms with Crippen LogP contribution in [-0.2, 0) is 7.05 Å². The van der Waals surface area contributed by atoms with E-state index in [4.69, 9.17) is 4.74 Å². The fourth-order valence-corrected chi connectivity index (χ4v) is 2.56. The minimum absolute atomic E-state index is 0.0669. The number of aromatic nitrogens is 1. The molecule has 0 atom stereocenters. The highest BCUT2D eigenvalue weighted by Crippen LogP contribution is 2.39. The van der Waals surface area contributed by atoms with Crippen LogP contribution in [0, 0.1) is 0 Å². The van der Waals surface area contributed by atoms with E-state index < -0.39 is 5.97 Å². The molecule has 0 aliphatic heterocycles. The highest BCUT2D eigenvalue weighted by Gasteiger charge is 2.16. The number of fused-ring (bicyclic) bond motifs is 1. The van der Waals surface area contributed by atoms with Gasteiger partial charge in [-0.05, 0) is 35.9 Å². The summed E-state index contributed by atoms with van der Waals surface area (Å²) < 4.78 is 7.07. The lowest BCUT2D eigenvalue weighted by molar-refractivity contribution is 0.0696. The number of ether oxygens (including phenoxy) is 1. The van der Waals surface area contributed by atoms with Crippen LogP contribution in [0.1, 0.15) is 10.4 Å². The molecule has 5 nitrogen and oxygen atoms in total. The maximum atomic E-state index is 11.2. The number of methoxy groups -OCH3 is 1. The van der Waals surface area contributed by atoms with Crippen molar-refractivity contribution in [2.45, 2.75) is 0 Å². The normalized spacial score (nSPS) is 10.8. The van der Waals surface area contributed by atoms with Gasteiger partial charge in [0.2, 0.25) is 0 Å². The minimum Gasteiger partial charge on any atom is -0.504 e. The zero-order valence-electron chi connectivity index (χ0n) is 12.2. The summed E-state index contributed by atoms with van der Waals surface area (Å²) in [5, 5.41) is 20.5. The molecule has 0 bridgehead atoms. The number of rotatable bonds is 3. The van der Waals surface area contributed by atoms with E-state index in [9.17, 15) is 15.0 Å². The van der Waals surface area contributed by atoms with Crippen molar-refractivity contribution in [2.75, 3.05) is 7.11 Å². The van der Waals surface area contributed by atoms with Crippen LogP contribution in [0.25, 0.3) is 22.0 Å². The Labute approximate surface area is 127 Å². The zero-order chi connectivity index (χ0) is 15.9. The van der Waals surface area contributed by atoms with Crippen LogP contribution >= 0.6 is 0 Å². The van der Waals surface area contributed by atoms with Gasteiger partial charge in [0.15, 0.2) is 11.5 Å². The van der Waals surface area contributed by atoms with Crippen LogP contribution in [0.15, 0.2) is 42.6 Å². The van der Waals surface area contributed by atoms with Crippen molar-refractivity contribution >= 4 is 16.9 Å². The van der Waals surface area contributed by atoms with Crippen molar-refractivity contribution in [3.63, 3.8) is 0 Å². The lowest BCUT2D eigenvalue weighted by atomic mass is 10.00. The lowest BCUT2D eigenvalue weighted by Gasteiger charge is -2.11. The van der Waals surface area contributed by atoms with E-state index in [-0.39, 0.29) is 17.1 Å². The first-order chi connectivity index (χ1) is 10.5. The van der Waals surface area contributed by atoms with Gasteiger partial charge < -0.3 is 19.5 Å². The Morgan fingerprint density at radius 1 is 1.18 bits per heavy atom. The smallest absolute Gasteiger partial charge is 0.335 e. The van der Waals surface area contributed by atoms with Gasteiger partial charge in [0, 0.05) is 29.7 Å². The first-order valence-electron chi connectivity index (χ1n) is 6.71. The molecule has 1 aromatic heterocycles. The molecule has 5 heteroatoms. The second kappa shape index (κ2) is 5.11. The Hall–Kier alpha value is -2.95. The Kier molecular flexibility index (Phi) is 3.25. The Morgan fingerprint density at radius 2 is 1.95 bits per heavy atom. The number of carboxylic acid groups (broad SMARTS) is 1. The number of hydrogen-bond acceptors (Lipinski definition) is 3. The summed E-state index contributed by atoms with van der Waals surface area (Å²) in [7, 11) is 3.35. The van der Waals surface area contributed by atoms with E-state index in [1.165, 1.54) is 19.2 Å². The second-order valence-corrected chi connectivity index (χ2v) is 5.08. The fourth-order valence-electron chi connectivity index (χ4n) is 2.56. The van der Waals surface area contributed by atoms with Gasteiger partial charge in [-0.2, -0.15) is 0 Å². The number of carboxylic acids is 1. The third-order valence-corrected chi connectivity index (χ3v) is 3.74. The number of carbonyl (C=O) groups is 1. The molecular formula is C17H15NO4. The van der Waals surface area contributed by atoms with Crippen LogP contribution in [0.3, 0.4) is 0 Å². The van der Waals surface area contributed by atoms with Gasteiger partial charge in [0.25, 0.3) is 0 Å². The molecule has 2 aromatic carbocycles. The Balaban J connectivity index is 2.24. The quantitative estimate of drug-likeness (QED) is 0.778. The number of benzene rings is 2. The predicted molar refractivity (Wildman–Crippen MR) is 83.5 cm³/mol. The molecule has 0 aliphatic carbocycles.